The number of amides is 1. The number of likely N-dealkylation sites (N-methyl/N-ethyl adjacent to an activating group) is 1. The van der Waals surface area contributed by atoms with Gasteiger partial charge in [0.2, 0.25) is 0 Å². The van der Waals surface area contributed by atoms with Crippen molar-refractivity contribution in [1.82, 2.24) is 24.3 Å². The summed E-state index contributed by atoms with van der Waals surface area (Å²) in [5.41, 5.74) is 3.01. The number of anilines is 2. The van der Waals surface area contributed by atoms with Crippen molar-refractivity contribution >= 4 is 33.8 Å². The molecule has 1 aromatic carbocycles. The Bertz CT molecular complexity index is 1420. The maximum atomic E-state index is 14.5. The summed E-state index contributed by atoms with van der Waals surface area (Å²) in [7, 11) is 3.62. The van der Waals surface area contributed by atoms with Crippen molar-refractivity contribution in [3.05, 3.63) is 53.9 Å². The average molecular weight is 478 g/mol. The Morgan fingerprint density at radius 3 is 2.63 bits per heavy atom. The molecular formula is C25H28FN7O2. The third-order valence-corrected chi connectivity index (χ3v) is 6.72. The molecule has 0 saturated carbocycles. The number of rotatable bonds is 4. The monoisotopic (exact) mass is 477 g/mol. The molecular weight excluding hydrogens is 449 g/mol. The van der Waals surface area contributed by atoms with Crippen LogP contribution in [0.3, 0.4) is 0 Å². The summed E-state index contributed by atoms with van der Waals surface area (Å²) in [4.78, 5) is 31.0. The number of halogens is 1. The van der Waals surface area contributed by atoms with Gasteiger partial charge in [0.05, 0.1) is 29.6 Å². The Morgan fingerprint density at radius 2 is 1.91 bits per heavy atom. The van der Waals surface area contributed by atoms with Gasteiger partial charge in [0.15, 0.2) is 11.5 Å². The second kappa shape index (κ2) is 8.77. The predicted octanol–water partition coefficient (Wildman–Crippen LogP) is 3.51. The average Bonchev–Trinajstić information content (AvgIpc) is 3.21. The molecule has 0 spiro atoms. The van der Waals surface area contributed by atoms with Crippen LogP contribution in [0, 0.1) is 12.7 Å². The molecule has 3 aromatic heterocycles. The summed E-state index contributed by atoms with van der Waals surface area (Å²) in [6.07, 6.45) is 5.03. The van der Waals surface area contributed by atoms with Gasteiger partial charge in [-0.15, -0.1) is 0 Å². The molecule has 35 heavy (non-hydrogen) atoms. The molecule has 10 heteroatoms. The Labute approximate surface area is 202 Å². The smallest absolute Gasteiger partial charge is 0.316 e. The molecule has 2 atom stereocenters. The molecule has 0 aliphatic carbocycles. The van der Waals surface area contributed by atoms with Crippen molar-refractivity contribution in [3.63, 3.8) is 0 Å². The highest BCUT2D eigenvalue weighted by Gasteiger charge is 2.28. The molecule has 182 valence electrons. The number of nitrogens with zero attached hydrogens (tertiary/aromatic N) is 6. The van der Waals surface area contributed by atoms with E-state index in [2.05, 4.69) is 51.0 Å². The second-order valence-corrected chi connectivity index (χ2v) is 9.16. The molecule has 1 aliphatic rings. The van der Waals surface area contributed by atoms with E-state index >= 15 is 0 Å². The van der Waals surface area contributed by atoms with E-state index < -0.39 is 11.7 Å². The van der Waals surface area contributed by atoms with Gasteiger partial charge in [-0.2, -0.15) is 4.98 Å². The number of fused-ring (bicyclic) bond motifs is 2. The lowest BCUT2D eigenvalue weighted by molar-refractivity contribution is 0.102. The minimum atomic E-state index is -0.515. The van der Waals surface area contributed by atoms with Gasteiger partial charge in [0.25, 0.3) is 5.91 Å². The van der Waals surface area contributed by atoms with Gasteiger partial charge < -0.3 is 19.4 Å². The number of benzene rings is 1. The lowest BCUT2D eigenvalue weighted by Gasteiger charge is -2.43. The van der Waals surface area contributed by atoms with Crippen molar-refractivity contribution in [3.8, 4) is 6.01 Å². The van der Waals surface area contributed by atoms with Crippen LogP contribution < -0.4 is 15.0 Å². The van der Waals surface area contributed by atoms with Crippen LogP contribution in [0.25, 0.3) is 16.6 Å². The van der Waals surface area contributed by atoms with Gasteiger partial charge in [0, 0.05) is 60.9 Å². The summed E-state index contributed by atoms with van der Waals surface area (Å²) in [6.45, 7) is 7.87. The SMILES string of the molecule is COc1ncc2c(N3C[C@@H](C)N(C)[C@@H](C)C3)ccc(C(=O)Nc3cc(F)c4nc(C)cn4c3)c2n1. The number of piperazine rings is 1. The van der Waals surface area contributed by atoms with Gasteiger partial charge in [-0.25, -0.2) is 14.4 Å². The van der Waals surface area contributed by atoms with Crippen LogP contribution in [0.4, 0.5) is 15.8 Å². The zero-order valence-corrected chi connectivity index (χ0v) is 20.4. The van der Waals surface area contributed by atoms with Crippen LogP contribution in [-0.2, 0) is 0 Å². The Hall–Kier alpha value is -3.79. The lowest BCUT2D eigenvalue weighted by atomic mass is 10.0. The van der Waals surface area contributed by atoms with Crippen molar-refractivity contribution in [2.24, 2.45) is 0 Å². The molecule has 9 nitrogen and oxygen atoms in total. The van der Waals surface area contributed by atoms with E-state index in [0.717, 1.165) is 24.2 Å². The van der Waals surface area contributed by atoms with Gasteiger partial charge >= 0.3 is 6.01 Å². The number of hydrogen-bond acceptors (Lipinski definition) is 7. The maximum absolute atomic E-state index is 14.5. The zero-order chi connectivity index (χ0) is 24.9. The van der Waals surface area contributed by atoms with Gasteiger partial charge in [-0.05, 0) is 40.0 Å². The minimum absolute atomic E-state index is 0.171. The third-order valence-electron chi connectivity index (χ3n) is 6.72. The quantitative estimate of drug-likeness (QED) is 0.481. The number of pyridine rings is 1. The van der Waals surface area contributed by atoms with Gasteiger partial charge in [0.1, 0.15) is 0 Å². The summed E-state index contributed by atoms with van der Waals surface area (Å²) in [5.74, 6) is -0.920. The fraction of sp³-hybridized carbons (Fsp3) is 0.360. The number of methoxy groups -OCH3 is 1. The zero-order valence-electron chi connectivity index (χ0n) is 20.4. The molecule has 1 saturated heterocycles. The van der Waals surface area contributed by atoms with E-state index in [1.54, 1.807) is 36.0 Å². The molecule has 5 rings (SSSR count). The van der Waals surface area contributed by atoms with Crippen LogP contribution in [0.2, 0.25) is 0 Å². The lowest BCUT2D eigenvalue weighted by Crippen LogP contribution is -2.55. The first kappa shape index (κ1) is 23.0. The first-order valence-corrected chi connectivity index (χ1v) is 11.5. The predicted molar refractivity (Wildman–Crippen MR) is 133 cm³/mol. The number of aromatic nitrogens is 4. The van der Waals surface area contributed by atoms with Crippen LogP contribution in [0.1, 0.15) is 29.9 Å². The Balaban J connectivity index is 1.54. The molecule has 0 unspecified atom stereocenters. The van der Waals surface area contributed by atoms with Crippen LogP contribution in [0.15, 0.2) is 36.8 Å². The number of imidazole rings is 1. The standard InChI is InChI=1S/C25H28FN7O2/c1-14-10-33-13-17(8-20(26)23(33)28-14)29-24(34)18-6-7-21(19-9-27-25(35-5)30-22(18)19)32-11-15(2)31(4)16(3)12-32/h6-10,13,15-16H,11-12H2,1-5H3,(H,29,34)/t15-,16+. The first-order chi connectivity index (χ1) is 16.7. The highest BCUT2D eigenvalue weighted by Crippen LogP contribution is 2.32. The Kier molecular flexibility index (Phi) is 5.76. The molecule has 4 aromatic rings. The summed E-state index contributed by atoms with van der Waals surface area (Å²) in [5, 5.41) is 3.56. The van der Waals surface area contributed by atoms with Crippen molar-refractivity contribution in [2.75, 3.05) is 37.5 Å². The number of ether oxygens (including phenoxy) is 1. The van der Waals surface area contributed by atoms with Crippen molar-refractivity contribution < 1.29 is 13.9 Å². The highest BCUT2D eigenvalue weighted by atomic mass is 19.1. The Morgan fingerprint density at radius 1 is 1.17 bits per heavy atom. The van der Waals surface area contributed by atoms with Gasteiger partial charge in [-0.1, -0.05) is 0 Å². The fourth-order valence-electron chi connectivity index (χ4n) is 4.69. The highest BCUT2D eigenvalue weighted by molar-refractivity contribution is 6.13. The van der Waals surface area contributed by atoms with Crippen LogP contribution >= 0.6 is 0 Å². The van der Waals surface area contributed by atoms with E-state index in [4.69, 9.17) is 4.74 Å². The normalized spacial score (nSPS) is 18.9. The van der Waals surface area contributed by atoms with E-state index in [-0.39, 0.29) is 11.7 Å². The first-order valence-electron chi connectivity index (χ1n) is 11.5. The third kappa shape index (κ3) is 4.14. The largest absolute Gasteiger partial charge is 0.467 e. The summed E-state index contributed by atoms with van der Waals surface area (Å²) in [6, 6.07) is 5.86. The summed E-state index contributed by atoms with van der Waals surface area (Å²) < 4.78 is 21.3. The van der Waals surface area contributed by atoms with E-state index in [9.17, 15) is 9.18 Å². The van der Waals surface area contributed by atoms with E-state index in [0.29, 0.717) is 34.5 Å². The molecule has 1 aliphatic heterocycles. The van der Waals surface area contributed by atoms with Crippen molar-refractivity contribution in [1.29, 1.82) is 0 Å². The molecule has 1 fully saturated rings. The van der Waals surface area contributed by atoms with Crippen LogP contribution in [0.5, 0.6) is 6.01 Å². The minimum Gasteiger partial charge on any atom is -0.467 e. The number of carbonyl (C=O) groups is 1. The van der Waals surface area contributed by atoms with Crippen LogP contribution in [-0.4, -0.2) is 69.5 Å². The molecule has 0 bridgehead atoms. The number of aryl methyl sites for hydroxylation is 1. The molecule has 4 heterocycles. The van der Waals surface area contributed by atoms with Crippen molar-refractivity contribution in [2.45, 2.75) is 32.9 Å². The number of hydrogen-bond donors (Lipinski definition) is 1. The number of carbonyl (C=O) groups excluding carboxylic acids is 1. The topological polar surface area (TPSA) is 87.9 Å². The van der Waals surface area contributed by atoms with E-state index in [1.807, 2.05) is 6.07 Å². The second-order valence-electron chi connectivity index (χ2n) is 9.16. The summed E-state index contributed by atoms with van der Waals surface area (Å²) >= 11 is 0. The van der Waals surface area contributed by atoms with Gasteiger partial charge in [-0.3, -0.25) is 9.69 Å². The molecule has 1 N–H and O–H groups in total. The van der Waals surface area contributed by atoms with E-state index in [1.165, 1.54) is 13.2 Å². The molecule has 1 amide bonds. The number of nitrogens with one attached hydrogen (secondary N) is 1. The fourth-order valence-corrected chi connectivity index (χ4v) is 4.69. The molecule has 0 radical (unpaired) electrons. The maximum Gasteiger partial charge on any atom is 0.316 e.